The molecule has 0 aliphatic carbocycles. The molecule has 1 fully saturated rings. The second-order valence-corrected chi connectivity index (χ2v) is 7.21. The van der Waals surface area contributed by atoms with E-state index in [1.54, 1.807) is 23.7 Å². The van der Waals surface area contributed by atoms with Crippen molar-refractivity contribution in [2.75, 3.05) is 0 Å². The van der Waals surface area contributed by atoms with E-state index in [-0.39, 0.29) is 11.1 Å². The van der Waals surface area contributed by atoms with Gasteiger partial charge in [0, 0.05) is 5.39 Å². The number of nitrogens with one attached hydrogen (secondary N) is 1. The Bertz CT molecular complexity index is 1020. The molecule has 0 bridgehead atoms. The number of aromatic nitrogens is 2. The number of benzene rings is 1. The Labute approximate surface area is 145 Å². The minimum Gasteiger partial charge on any atom is -0.282 e. The van der Waals surface area contributed by atoms with Crippen molar-refractivity contribution >= 4 is 51.2 Å². The van der Waals surface area contributed by atoms with E-state index in [4.69, 9.17) is 0 Å². The van der Waals surface area contributed by atoms with Crippen LogP contribution in [-0.4, -0.2) is 21.1 Å². The lowest BCUT2D eigenvalue weighted by atomic mass is 10.1. The summed E-state index contributed by atoms with van der Waals surface area (Å²) in [5, 5.41) is 4.88. The molecule has 1 N–H and O–H groups in total. The van der Waals surface area contributed by atoms with E-state index in [0.717, 1.165) is 38.8 Å². The number of thiophene rings is 1. The molecule has 2 aromatic heterocycles. The average molecular weight is 353 g/mol. The molecule has 0 spiro atoms. The topological polar surface area (TPSA) is 72.0 Å². The van der Waals surface area contributed by atoms with Crippen LogP contribution in [-0.2, 0) is 4.79 Å². The number of carbonyl (C=O) groups is 2. The van der Waals surface area contributed by atoms with Gasteiger partial charge in [0.05, 0.1) is 21.0 Å². The maximum absolute atomic E-state index is 11.7. The molecule has 0 saturated carbocycles. The number of aryl methyl sites for hydroxylation is 1. The molecular formula is C17H11N3O2S2. The van der Waals surface area contributed by atoms with E-state index in [0.29, 0.717) is 4.91 Å². The van der Waals surface area contributed by atoms with Crippen molar-refractivity contribution in [1.29, 1.82) is 0 Å². The Balaban J connectivity index is 1.86. The number of nitrogens with zero attached hydrogens (tertiary/aromatic N) is 2. The highest BCUT2D eigenvalue weighted by atomic mass is 32.2. The fraction of sp³-hybridized carbons (Fsp3) is 0.0588. The number of carbonyl (C=O) groups excluding carboxylic acids is 2. The number of amides is 2. The van der Waals surface area contributed by atoms with Gasteiger partial charge in [-0.2, -0.15) is 0 Å². The number of hydrogen-bond acceptors (Lipinski definition) is 6. The van der Waals surface area contributed by atoms with E-state index in [9.17, 15) is 9.59 Å². The van der Waals surface area contributed by atoms with Crippen LogP contribution >= 0.6 is 23.1 Å². The van der Waals surface area contributed by atoms with Crippen molar-refractivity contribution in [3.05, 3.63) is 52.0 Å². The van der Waals surface area contributed by atoms with Gasteiger partial charge in [-0.1, -0.05) is 6.07 Å². The predicted molar refractivity (Wildman–Crippen MR) is 96.7 cm³/mol. The van der Waals surface area contributed by atoms with Gasteiger partial charge in [-0.05, 0) is 59.5 Å². The maximum atomic E-state index is 11.7. The Hall–Kier alpha value is -2.51. The molecule has 7 heteroatoms. The average Bonchev–Trinajstić information content (AvgIpc) is 3.12. The first kappa shape index (κ1) is 15.0. The van der Waals surface area contributed by atoms with Crippen molar-refractivity contribution in [1.82, 2.24) is 15.3 Å². The Morgan fingerprint density at radius 2 is 2.04 bits per heavy atom. The quantitative estimate of drug-likeness (QED) is 0.705. The summed E-state index contributed by atoms with van der Waals surface area (Å²) in [6.07, 6.45) is 3.27. The second kappa shape index (κ2) is 5.85. The van der Waals surface area contributed by atoms with Crippen LogP contribution in [0.5, 0.6) is 0 Å². The number of rotatable bonds is 2. The molecule has 24 heavy (non-hydrogen) atoms. The first-order chi connectivity index (χ1) is 11.6. The van der Waals surface area contributed by atoms with Gasteiger partial charge in [-0.3, -0.25) is 14.9 Å². The van der Waals surface area contributed by atoms with Crippen LogP contribution in [0.2, 0.25) is 0 Å². The normalized spacial score (nSPS) is 16.1. The zero-order chi connectivity index (χ0) is 16.7. The van der Waals surface area contributed by atoms with Gasteiger partial charge in [-0.25, -0.2) is 9.97 Å². The van der Waals surface area contributed by atoms with Gasteiger partial charge in [0.1, 0.15) is 6.33 Å². The van der Waals surface area contributed by atoms with Crippen LogP contribution in [0.25, 0.3) is 27.6 Å². The maximum Gasteiger partial charge on any atom is 0.290 e. The Kier molecular flexibility index (Phi) is 3.66. The third-order valence-corrected chi connectivity index (χ3v) is 5.51. The smallest absolute Gasteiger partial charge is 0.282 e. The molecule has 118 valence electrons. The summed E-state index contributed by atoms with van der Waals surface area (Å²) in [7, 11) is 0. The van der Waals surface area contributed by atoms with Crippen molar-refractivity contribution in [2.45, 2.75) is 6.92 Å². The molecule has 1 aliphatic heterocycles. The van der Waals surface area contributed by atoms with Gasteiger partial charge < -0.3 is 0 Å². The van der Waals surface area contributed by atoms with Crippen molar-refractivity contribution in [3.8, 4) is 10.6 Å². The highest BCUT2D eigenvalue weighted by Gasteiger charge is 2.25. The molecule has 0 unspecified atom stereocenters. The van der Waals surface area contributed by atoms with E-state index < -0.39 is 0 Å². The van der Waals surface area contributed by atoms with E-state index in [2.05, 4.69) is 28.3 Å². The number of thioether (sulfide) groups is 1. The Morgan fingerprint density at radius 3 is 2.75 bits per heavy atom. The summed E-state index contributed by atoms with van der Waals surface area (Å²) in [5.74, 6) is -0.358. The minimum absolute atomic E-state index is 0.342. The molecule has 1 saturated heterocycles. The van der Waals surface area contributed by atoms with Gasteiger partial charge >= 0.3 is 0 Å². The highest BCUT2D eigenvalue weighted by molar-refractivity contribution is 8.18. The van der Waals surface area contributed by atoms with Crippen LogP contribution in [0, 0.1) is 6.92 Å². The number of imide groups is 1. The second-order valence-electron chi connectivity index (χ2n) is 5.28. The molecule has 1 aliphatic rings. The largest absolute Gasteiger partial charge is 0.290 e. The lowest BCUT2D eigenvalue weighted by Crippen LogP contribution is -2.17. The molecule has 0 radical (unpaired) electrons. The Morgan fingerprint density at radius 1 is 1.17 bits per heavy atom. The van der Waals surface area contributed by atoms with E-state index in [1.807, 2.05) is 23.6 Å². The molecule has 3 aromatic rings. The van der Waals surface area contributed by atoms with Gasteiger partial charge in [-0.15, -0.1) is 11.3 Å². The van der Waals surface area contributed by atoms with Crippen LogP contribution in [0.4, 0.5) is 4.79 Å². The fourth-order valence-electron chi connectivity index (χ4n) is 2.53. The summed E-state index contributed by atoms with van der Waals surface area (Å²) in [4.78, 5) is 33.3. The molecule has 4 rings (SSSR count). The fourth-order valence-corrected chi connectivity index (χ4v) is 4.15. The summed E-state index contributed by atoms with van der Waals surface area (Å²) >= 11 is 2.55. The lowest BCUT2D eigenvalue weighted by Gasteiger charge is -2.05. The molecule has 3 heterocycles. The van der Waals surface area contributed by atoms with Gasteiger partial charge in [0.15, 0.2) is 0 Å². The van der Waals surface area contributed by atoms with Crippen molar-refractivity contribution in [3.63, 3.8) is 0 Å². The van der Waals surface area contributed by atoms with E-state index in [1.165, 1.54) is 5.56 Å². The monoisotopic (exact) mass is 353 g/mol. The third kappa shape index (κ3) is 2.61. The highest BCUT2D eigenvalue weighted by Crippen LogP contribution is 2.33. The summed E-state index contributed by atoms with van der Waals surface area (Å²) in [6.45, 7) is 2.05. The van der Waals surface area contributed by atoms with Gasteiger partial charge in [0.25, 0.3) is 11.1 Å². The van der Waals surface area contributed by atoms with Crippen LogP contribution < -0.4 is 5.32 Å². The molecule has 0 atom stereocenters. The minimum atomic E-state index is -0.358. The van der Waals surface area contributed by atoms with Gasteiger partial charge in [0.2, 0.25) is 0 Å². The SMILES string of the molecule is Cc1ccsc1-c1ncnc2ccc(/C=C3\SC(=O)NC3=O)cc12. The van der Waals surface area contributed by atoms with Crippen LogP contribution in [0.1, 0.15) is 11.1 Å². The number of hydrogen-bond donors (Lipinski definition) is 1. The van der Waals surface area contributed by atoms with Crippen LogP contribution in [0.15, 0.2) is 40.9 Å². The molecule has 5 nitrogen and oxygen atoms in total. The summed E-state index contributed by atoms with van der Waals surface area (Å²) in [5.41, 5.74) is 3.72. The summed E-state index contributed by atoms with van der Waals surface area (Å²) < 4.78 is 0. The van der Waals surface area contributed by atoms with Crippen molar-refractivity contribution in [2.24, 2.45) is 0 Å². The van der Waals surface area contributed by atoms with Crippen molar-refractivity contribution < 1.29 is 9.59 Å². The summed E-state index contributed by atoms with van der Waals surface area (Å²) in [6, 6.07) is 7.79. The zero-order valence-electron chi connectivity index (χ0n) is 12.6. The third-order valence-electron chi connectivity index (χ3n) is 3.68. The van der Waals surface area contributed by atoms with E-state index >= 15 is 0 Å². The lowest BCUT2D eigenvalue weighted by molar-refractivity contribution is -0.115. The molecular weight excluding hydrogens is 342 g/mol. The first-order valence-electron chi connectivity index (χ1n) is 7.16. The number of fused-ring (bicyclic) bond motifs is 1. The molecule has 1 aromatic carbocycles. The molecule has 2 amide bonds. The predicted octanol–water partition coefficient (Wildman–Crippen LogP) is 3.99. The standard InChI is InChI=1S/C17H11N3O2S2/c1-9-4-5-23-15(9)14-11-6-10(2-3-12(11)18-8-19-14)7-13-16(21)20-17(22)24-13/h2-8H,1H3,(H,20,21,22)/b13-7-. The van der Waals surface area contributed by atoms with Crippen LogP contribution in [0.3, 0.4) is 0 Å². The zero-order valence-corrected chi connectivity index (χ0v) is 14.2. The first-order valence-corrected chi connectivity index (χ1v) is 8.85.